The number of aromatic amines is 1. The van der Waals surface area contributed by atoms with E-state index < -0.39 is 71.3 Å². The highest BCUT2D eigenvalue weighted by molar-refractivity contribution is 6.10. The summed E-state index contributed by atoms with van der Waals surface area (Å²) in [6.07, 6.45) is 6.01. The Hall–Kier alpha value is -6.67. The first-order valence-electron chi connectivity index (χ1n) is 22.1. The monoisotopic (exact) mass is 898 g/mol. The second kappa shape index (κ2) is 23.9. The third-order valence-corrected chi connectivity index (χ3v) is 12.0. The van der Waals surface area contributed by atoms with Gasteiger partial charge >= 0.3 is 6.03 Å². The van der Waals surface area contributed by atoms with Gasteiger partial charge in [-0.05, 0) is 82.2 Å². The van der Waals surface area contributed by atoms with Crippen LogP contribution < -0.4 is 49.1 Å². The zero-order valence-electron chi connectivity index (χ0n) is 36.7. The molecule has 0 unspecified atom stereocenters. The second-order valence-electron chi connectivity index (χ2n) is 16.5. The number of para-hydroxylation sites is 1. The van der Waals surface area contributed by atoms with Gasteiger partial charge in [0.15, 0.2) is 11.7 Å². The Morgan fingerprint density at radius 1 is 0.862 bits per heavy atom. The molecule has 5 rings (SSSR count). The van der Waals surface area contributed by atoms with Gasteiger partial charge in [-0.15, -0.1) is 0 Å². The van der Waals surface area contributed by atoms with Crippen LogP contribution in [0.4, 0.5) is 4.79 Å². The number of likely N-dealkylation sites (N-methyl/N-ethyl adjacent to an activating group) is 1. The molecule has 1 saturated carbocycles. The fraction of sp³-hybridized carbons (Fsp3) is 0.489. The van der Waals surface area contributed by atoms with Crippen LogP contribution >= 0.6 is 0 Å². The smallest absolute Gasteiger partial charge is 0.325 e. The van der Waals surface area contributed by atoms with Crippen molar-refractivity contribution >= 4 is 64.5 Å². The molecule has 0 spiro atoms. The number of hydrogen-bond acceptors (Lipinski definition) is 11. The molecule has 2 heterocycles. The van der Waals surface area contributed by atoms with Crippen LogP contribution in [0.25, 0.3) is 10.9 Å². The van der Waals surface area contributed by atoms with E-state index in [1.54, 1.807) is 13.2 Å². The molecule has 20 heteroatoms. The summed E-state index contributed by atoms with van der Waals surface area (Å²) in [4.78, 5) is 113. The average Bonchev–Trinajstić information content (AvgIpc) is 4.02. The zero-order valence-corrected chi connectivity index (χ0v) is 36.7. The number of carbonyl (C=O) groups excluding carboxylic acids is 8. The van der Waals surface area contributed by atoms with Gasteiger partial charge in [0.25, 0.3) is 5.91 Å². The molecule has 0 radical (unpaired) electrons. The van der Waals surface area contributed by atoms with Crippen LogP contribution in [-0.4, -0.2) is 126 Å². The molecule has 65 heavy (non-hydrogen) atoms. The Morgan fingerprint density at radius 3 is 2.23 bits per heavy atom. The minimum Gasteiger partial charge on any atom is -0.370 e. The molecule has 1 aliphatic carbocycles. The number of urea groups is 1. The number of nitrogens with one attached hydrogen (secondary N) is 7. The lowest BCUT2D eigenvalue weighted by Gasteiger charge is -2.34. The van der Waals surface area contributed by atoms with Crippen LogP contribution in [0.15, 0.2) is 65.8 Å². The van der Waals surface area contributed by atoms with Gasteiger partial charge in [0.05, 0.1) is 18.6 Å². The van der Waals surface area contributed by atoms with Crippen LogP contribution in [0.3, 0.4) is 0 Å². The first kappa shape index (κ1) is 49.3. The van der Waals surface area contributed by atoms with E-state index in [1.807, 2.05) is 54.6 Å². The van der Waals surface area contributed by atoms with Gasteiger partial charge in [0.2, 0.25) is 23.6 Å². The molecule has 2 aromatic carbocycles. The van der Waals surface area contributed by atoms with Crippen molar-refractivity contribution in [3.05, 3.63) is 71.9 Å². The van der Waals surface area contributed by atoms with Gasteiger partial charge in [0.1, 0.15) is 30.0 Å². The van der Waals surface area contributed by atoms with E-state index in [2.05, 4.69) is 41.9 Å². The fourth-order valence-corrected chi connectivity index (χ4v) is 8.60. The Morgan fingerprint density at radius 2 is 1.54 bits per heavy atom. The summed E-state index contributed by atoms with van der Waals surface area (Å²) in [5.41, 5.74) is 17.7. The van der Waals surface area contributed by atoms with Crippen LogP contribution in [0, 0.1) is 0 Å². The summed E-state index contributed by atoms with van der Waals surface area (Å²) in [7, 11) is 1.63. The number of carbonyl (C=O) groups is 8. The van der Waals surface area contributed by atoms with Crippen molar-refractivity contribution < 1.29 is 38.4 Å². The maximum Gasteiger partial charge on any atom is 0.325 e. The number of imide groups is 1. The highest BCUT2D eigenvalue weighted by Gasteiger charge is 2.56. The number of H-pyrrole nitrogens is 1. The van der Waals surface area contributed by atoms with E-state index in [0.29, 0.717) is 57.9 Å². The van der Waals surface area contributed by atoms with Gasteiger partial charge < -0.3 is 58.9 Å². The van der Waals surface area contributed by atoms with Crippen molar-refractivity contribution in [2.75, 3.05) is 26.7 Å². The number of guanidine groups is 1. The normalized spacial score (nSPS) is 17.4. The van der Waals surface area contributed by atoms with Crippen molar-refractivity contribution in [1.82, 2.24) is 41.8 Å². The number of nitrogens with two attached hydrogens (primary N) is 3. The molecule has 2 aliphatic rings. The lowest BCUT2D eigenvalue weighted by molar-refractivity contribution is -0.142. The van der Waals surface area contributed by atoms with Crippen molar-refractivity contribution in [2.24, 2.45) is 22.2 Å². The van der Waals surface area contributed by atoms with Crippen molar-refractivity contribution in [2.45, 2.75) is 113 Å². The number of nitrogens with zero attached hydrogens (tertiary/aromatic N) is 2. The minimum atomic E-state index is -1.44. The topological polar surface area (TPSA) is 318 Å². The Kier molecular flexibility index (Phi) is 18.1. The number of aldehydes is 1. The highest BCUT2D eigenvalue weighted by Crippen LogP contribution is 2.38. The summed E-state index contributed by atoms with van der Waals surface area (Å²) in [5.74, 6) is -3.42. The maximum atomic E-state index is 14.0. The molecule has 3 aromatic rings. The second-order valence-corrected chi connectivity index (χ2v) is 16.5. The number of amides is 7. The Balaban J connectivity index is 1.21. The van der Waals surface area contributed by atoms with Gasteiger partial charge in [0, 0.05) is 36.5 Å². The van der Waals surface area contributed by atoms with Crippen LogP contribution in [0.2, 0.25) is 0 Å². The minimum absolute atomic E-state index is 0.0526. The standard InChI is InChI=1S/C45H62N12O8/c1-49-33(17-11-21-52-43(47)48)39(61)55-35(25-29-27-53-31-15-6-5-14-30(29)31)40(62)54-32(38(46)60)16-7-10-20-50-34(24-28-12-3-2-4-13-28)37(59)26-36-41(63)57(44(65)56-36)45(18-8-9-19-45)42(64)51-22-23-58/h2-6,12-15,23,27,32-36,49-50,53H,7-11,16-22,24-26H2,1H3,(H2,46,60)(H,51,64)(H,54,62)(H,55,61)(H,56,65)(H4,47,48,52)/t32-,33-,34-,35-,36-/m0/s1. The lowest BCUT2D eigenvalue weighted by Crippen LogP contribution is -2.60. The molecule has 350 valence electrons. The SMILES string of the molecule is CN[C@@H](CCCN=C(N)N)C(=O)N[C@@H](Cc1c[nH]c2ccccc12)C(=O)N[C@@H](CCCCN[C@@H](Cc1ccccc1)C(=O)C[C@@H]1NC(=O)N(C2(C(=O)NCC=O)CCCC2)C1=O)C(N)=O. The third kappa shape index (κ3) is 13.2. The molecule has 0 bridgehead atoms. The molecular formula is C45H62N12O8. The molecule has 13 N–H and O–H groups in total. The summed E-state index contributed by atoms with van der Waals surface area (Å²) in [6, 6.07) is 11.3. The molecule has 1 aromatic heterocycles. The summed E-state index contributed by atoms with van der Waals surface area (Å²) >= 11 is 0. The molecular weight excluding hydrogens is 837 g/mol. The number of aliphatic imine (C=N–C) groups is 1. The molecule has 1 aliphatic heterocycles. The van der Waals surface area contributed by atoms with E-state index in [-0.39, 0.29) is 56.8 Å². The number of primary amides is 1. The zero-order chi connectivity index (χ0) is 46.9. The largest absolute Gasteiger partial charge is 0.370 e. The fourth-order valence-electron chi connectivity index (χ4n) is 8.60. The number of benzene rings is 2. The summed E-state index contributed by atoms with van der Waals surface area (Å²) in [5, 5.41) is 17.9. The molecule has 5 atom stereocenters. The van der Waals surface area contributed by atoms with Crippen molar-refractivity contribution in [3.8, 4) is 0 Å². The molecule has 1 saturated heterocycles. The van der Waals surface area contributed by atoms with E-state index in [1.165, 1.54) is 0 Å². The van der Waals surface area contributed by atoms with E-state index >= 15 is 0 Å². The van der Waals surface area contributed by atoms with Crippen LogP contribution in [0.1, 0.15) is 75.3 Å². The number of ketones is 1. The molecule has 20 nitrogen and oxygen atoms in total. The predicted molar refractivity (Wildman–Crippen MR) is 243 cm³/mol. The van der Waals surface area contributed by atoms with Gasteiger partial charge in [-0.3, -0.25) is 33.8 Å². The van der Waals surface area contributed by atoms with Crippen LogP contribution in [0.5, 0.6) is 0 Å². The summed E-state index contributed by atoms with van der Waals surface area (Å²) < 4.78 is 0. The van der Waals surface area contributed by atoms with Gasteiger partial charge in [-0.1, -0.05) is 61.4 Å². The van der Waals surface area contributed by atoms with Gasteiger partial charge in [-0.25, -0.2) is 9.69 Å². The Labute approximate surface area is 377 Å². The van der Waals surface area contributed by atoms with Crippen LogP contribution in [-0.2, 0) is 46.4 Å². The average molecular weight is 899 g/mol. The summed E-state index contributed by atoms with van der Waals surface area (Å²) in [6.45, 7) is 0.376. The van der Waals surface area contributed by atoms with Crippen molar-refractivity contribution in [1.29, 1.82) is 0 Å². The number of hydrogen-bond donors (Lipinski definition) is 10. The number of unbranched alkanes of at least 4 members (excludes halogenated alkanes) is 1. The first-order valence-corrected chi connectivity index (χ1v) is 22.1. The number of rotatable bonds is 27. The van der Waals surface area contributed by atoms with Gasteiger partial charge in [-0.2, -0.15) is 0 Å². The lowest BCUT2D eigenvalue weighted by atomic mass is 9.92. The van der Waals surface area contributed by atoms with E-state index in [0.717, 1.165) is 26.9 Å². The quantitative estimate of drug-likeness (QED) is 0.0155. The molecule has 2 fully saturated rings. The van der Waals surface area contributed by atoms with E-state index in [9.17, 15) is 38.4 Å². The third-order valence-electron chi connectivity index (χ3n) is 12.0. The number of Topliss-reactive ketones (excluding diaryl/α,β-unsaturated/α-hetero) is 1. The van der Waals surface area contributed by atoms with Crippen molar-refractivity contribution in [3.63, 3.8) is 0 Å². The van der Waals surface area contributed by atoms with E-state index in [4.69, 9.17) is 17.2 Å². The maximum absolute atomic E-state index is 14.0. The first-order chi connectivity index (χ1) is 31.3. The number of aromatic nitrogens is 1. The number of fused-ring (bicyclic) bond motifs is 1. The predicted octanol–water partition coefficient (Wildman–Crippen LogP) is -0.314. The highest BCUT2D eigenvalue weighted by atomic mass is 16.2. The molecule has 7 amide bonds. The Bertz CT molecular complexity index is 2190.